The summed E-state index contributed by atoms with van der Waals surface area (Å²) in [6.45, 7) is 0.207. The molecule has 0 bridgehead atoms. The van der Waals surface area contributed by atoms with E-state index in [9.17, 15) is 8.42 Å². The second-order valence-electron chi connectivity index (χ2n) is 6.14. The minimum absolute atomic E-state index is 0.207. The lowest BCUT2D eigenvalue weighted by atomic mass is 10.2. The summed E-state index contributed by atoms with van der Waals surface area (Å²) in [6, 6.07) is 9.91. The van der Waals surface area contributed by atoms with Crippen LogP contribution in [0.4, 0.5) is 0 Å². The maximum atomic E-state index is 12.3. The van der Waals surface area contributed by atoms with Crippen LogP contribution in [0.1, 0.15) is 37.4 Å². The van der Waals surface area contributed by atoms with Gasteiger partial charge in [-0.2, -0.15) is 5.10 Å². The molecule has 0 radical (unpaired) electrons. The summed E-state index contributed by atoms with van der Waals surface area (Å²) in [5, 5.41) is 8.55. The molecule has 0 unspecified atom stereocenters. The van der Waals surface area contributed by atoms with E-state index in [1.54, 1.807) is 28.8 Å². The Morgan fingerprint density at radius 1 is 1.16 bits per heavy atom. The van der Waals surface area contributed by atoms with E-state index < -0.39 is 10.0 Å². The molecule has 1 aliphatic carbocycles. The average Bonchev–Trinajstić information content (AvgIpc) is 3.42. The minimum atomic E-state index is -3.47. The highest BCUT2D eigenvalue weighted by molar-refractivity contribution is 7.91. The second-order valence-corrected chi connectivity index (χ2v) is 10.0. The molecule has 1 N–H and O–H groups in total. The molecule has 0 atom stereocenters. The molecule has 0 aliphatic heterocycles. The first-order valence-electron chi connectivity index (χ1n) is 8.29. The largest absolute Gasteiger partial charge is 0.261 e. The molecule has 132 valence electrons. The van der Waals surface area contributed by atoms with Gasteiger partial charge in [0.25, 0.3) is 0 Å². The van der Waals surface area contributed by atoms with Gasteiger partial charge in [0, 0.05) is 0 Å². The number of hydrogen-bond donors (Lipinski definition) is 1. The highest BCUT2D eigenvalue weighted by Crippen LogP contribution is 2.35. The van der Waals surface area contributed by atoms with Crippen molar-refractivity contribution in [2.75, 3.05) is 0 Å². The number of nitrogens with one attached hydrogen (secondary N) is 1. The maximum absolute atomic E-state index is 12.3. The van der Waals surface area contributed by atoms with Crippen molar-refractivity contribution in [2.45, 2.75) is 42.5 Å². The first-order chi connectivity index (χ1) is 12.1. The van der Waals surface area contributed by atoms with Crippen LogP contribution in [0.2, 0.25) is 0 Å². The molecular formula is C17H19N3O2S3. The van der Waals surface area contributed by atoms with Gasteiger partial charge < -0.3 is 0 Å². The van der Waals surface area contributed by atoms with E-state index in [0.29, 0.717) is 10.3 Å². The van der Waals surface area contributed by atoms with Gasteiger partial charge in [0.15, 0.2) is 0 Å². The molecule has 1 saturated carbocycles. The lowest BCUT2D eigenvalue weighted by Crippen LogP contribution is -2.22. The first kappa shape index (κ1) is 17.0. The fourth-order valence-electron chi connectivity index (χ4n) is 3.22. The lowest BCUT2D eigenvalue weighted by Gasteiger charge is -2.13. The van der Waals surface area contributed by atoms with E-state index >= 15 is 0 Å². The van der Waals surface area contributed by atoms with E-state index in [0.717, 1.165) is 24.2 Å². The van der Waals surface area contributed by atoms with Crippen LogP contribution >= 0.6 is 22.7 Å². The van der Waals surface area contributed by atoms with E-state index in [-0.39, 0.29) is 6.54 Å². The molecule has 8 heteroatoms. The summed E-state index contributed by atoms with van der Waals surface area (Å²) in [5.74, 6) is 0. The van der Waals surface area contributed by atoms with Crippen molar-refractivity contribution >= 4 is 32.7 Å². The third-order valence-electron chi connectivity index (χ3n) is 4.43. The van der Waals surface area contributed by atoms with Gasteiger partial charge >= 0.3 is 0 Å². The van der Waals surface area contributed by atoms with Gasteiger partial charge in [-0.15, -0.1) is 22.7 Å². The predicted molar refractivity (Wildman–Crippen MR) is 101 cm³/mol. The SMILES string of the molecule is O=S(=O)(NCc1cc(-c2cccs2)n(C2CCCC2)n1)c1cccs1. The van der Waals surface area contributed by atoms with Crippen molar-refractivity contribution in [2.24, 2.45) is 0 Å². The number of thiophene rings is 2. The molecule has 25 heavy (non-hydrogen) atoms. The van der Waals surface area contributed by atoms with Gasteiger partial charge in [0.1, 0.15) is 4.21 Å². The number of nitrogens with zero attached hydrogens (tertiary/aromatic N) is 2. The monoisotopic (exact) mass is 393 g/mol. The Kier molecular flexibility index (Phi) is 4.77. The van der Waals surface area contributed by atoms with Crippen molar-refractivity contribution in [3.8, 4) is 10.6 Å². The van der Waals surface area contributed by atoms with Crippen LogP contribution in [-0.2, 0) is 16.6 Å². The Bertz CT molecular complexity index is 922. The quantitative estimate of drug-likeness (QED) is 0.680. The van der Waals surface area contributed by atoms with Gasteiger partial charge in [0.05, 0.1) is 28.9 Å². The summed E-state index contributed by atoms with van der Waals surface area (Å²) in [7, 11) is -3.47. The zero-order valence-electron chi connectivity index (χ0n) is 13.6. The Morgan fingerprint density at radius 2 is 1.92 bits per heavy atom. The molecule has 3 heterocycles. The van der Waals surface area contributed by atoms with Crippen molar-refractivity contribution in [3.63, 3.8) is 0 Å². The highest BCUT2D eigenvalue weighted by atomic mass is 32.2. The predicted octanol–water partition coefficient (Wildman–Crippen LogP) is 4.27. The summed E-state index contributed by atoms with van der Waals surface area (Å²) in [6.07, 6.45) is 4.74. The molecule has 5 nitrogen and oxygen atoms in total. The summed E-state index contributed by atoms with van der Waals surface area (Å²) >= 11 is 2.90. The van der Waals surface area contributed by atoms with Gasteiger partial charge in [-0.25, -0.2) is 13.1 Å². The Labute approximate surface area is 155 Å². The van der Waals surface area contributed by atoms with Crippen LogP contribution < -0.4 is 4.72 Å². The third-order valence-corrected chi connectivity index (χ3v) is 8.12. The highest BCUT2D eigenvalue weighted by Gasteiger charge is 2.23. The number of hydrogen-bond acceptors (Lipinski definition) is 5. The maximum Gasteiger partial charge on any atom is 0.250 e. The number of sulfonamides is 1. The van der Waals surface area contributed by atoms with Crippen molar-refractivity contribution in [1.29, 1.82) is 0 Å². The van der Waals surface area contributed by atoms with Gasteiger partial charge in [-0.1, -0.05) is 25.0 Å². The third kappa shape index (κ3) is 3.57. The Morgan fingerprint density at radius 3 is 2.60 bits per heavy atom. The van der Waals surface area contributed by atoms with E-state index in [1.165, 1.54) is 29.1 Å². The van der Waals surface area contributed by atoms with E-state index in [1.807, 2.05) is 12.1 Å². The Balaban J connectivity index is 1.59. The summed E-state index contributed by atoms with van der Waals surface area (Å²) in [4.78, 5) is 1.17. The van der Waals surface area contributed by atoms with Crippen LogP contribution in [0.3, 0.4) is 0 Å². The molecule has 1 fully saturated rings. The molecule has 3 aromatic rings. The topological polar surface area (TPSA) is 64.0 Å². The first-order valence-corrected chi connectivity index (χ1v) is 11.5. The van der Waals surface area contributed by atoms with Crippen molar-refractivity contribution in [3.05, 3.63) is 46.8 Å². The van der Waals surface area contributed by atoms with Gasteiger partial charge in [0.2, 0.25) is 10.0 Å². The zero-order chi connectivity index (χ0) is 17.3. The van der Waals surface area contributed by atoms with E-state index in [2.05, 4.69) is 20.9 Å². The second kappa shape index (κ2) is 7.03. The number of aromatic nitrogens is 2. The summed E-state index contributed by atoms with van der Waals surface area (Å²) in [5.41, 5.74) is 1.85. The van der Waals surface area contributed by atoms with Crippen LogP contribution in [0.15, 0.2) is 45.3 Å². The van der Waals surface area contributed by atoms with Crippen LogP contribution in [0, 0.1) is 0 Å². The molecule has 0 aromatic carbocycles. The van der Waals surface area contributed by atoms with Crippen molar-refractivity contribution < 1.29 is 8.42 Å². The van der Waals surface area contributed by atoms with Gasteiger partial charge in [-0.05, 0) is 41.8 Å². The molecule has 1 aliphatic rings. The fraction of sp³-hybridized carbons (Fsp3) is 0.353. The van der Waals surface area contributed by atoms with Crippen LogP contribution in [0.25, 0.3) is 10.6 Å². The van der Waals surface area contributed by atoms with Gasteiger partial charge in [-0.3, -0.25) is 4.68 Å². The molecule has 0 spiro atoms. The molecule has 0 saturated heterocycles. The van der Waals surface area contributed by atoms with Crippen LogP contribution in [-0.4, -0.2) is 18.2 Å². The number of rotatable bonds is 6. The standard InChI is InChI=1S/C17H19N3O2S3/c21-25(22,17-8-4-10-24-17)18-12-13-11-15(16-7-3-9-23-16)20(19-13)14-5-1-2-6-14/h3-4,7-11,14,18H,1-2,5-6,12H2. The minimum Gasteiger partial charge on any atom is -0.261 e. The average molecular weight is 394 g/mol. The van der Waals surface area contributed by atoms with E-state index in [4.69, 9.17) is 5.10 Å². The molecule has 4 rings (SSSR count). The van der Waals surface area contributed by atoms with Crippen molar-refractivity contribution in [1.82, 2.24) is 14.5 Å². The summed E-state index contributed by atoms with van der Waals surface area (Å²) < 4.78 is 29.7. The zero-order valence-corrected chi connectivity index (χ0v) is 16.0. The lowest BCUT2D eigenvalue weighted by molar-refractivity contribution is 0.467. The fourth-order valence-corrected chi connectivity index (χ4v) is 5.99. The molecule has 0 amide bonds. The van der Waals surface area contributed by atoms with Crippen LogP contribution in [0.5, 0.6) is 0 Å². The molecule has 3 aromatic heterocycles. The normalized spacial score (nSPS) is 15.8. The molecular weight excluding hydrogens is 374 g/mol. The smallest absolute Gasteiger partial charge is 0.250 e. The Hall–Kier alpha value is -1.48.